The van der Waals surface area contributed by atoms with Gasteiger partial charge < -0.3 is 5.32 Å². The zero-order valence-electron chi connectivity index (χ0n) is 12.0. The highest BCUT2D eigenvalue weighted by molar-refractivity contribution is 9.10. The van der Waals surface area contributed by atoms with E-state index in [-0.39, 0.29) is 11.0 Å². The van der Waals surface area contributed by atoms with Crippen LogP contribution < -0.4 is 5.32 Å². The van der Waals surface area contributed by atoms with E-state index in [1.165, 1.54) is 6.07 Å². The van der Waals surface area contributed by atoms with Crippen LogP contribution in [-0.4, -0.2) is 12.5 Å². The van der Waals surface area contributed by atoms with Gasteiger partial charge in [-0.3, -0.25) is 4.79 Å². The van der Waals surface area contributed by atoms with Crippen molar-refractivity contribution in [1.82, 2.24) is 5.32 Å². The third-order valence-electron chi connectivity index (χ3n) is 3.44. The fourth-order valence-electron chi connectivity index (χ4n) is 2.10. The first-order chi connectivity index (χ1) is 9.92. The Morgan fingerprint density at radius 2 is 1.81 bits per heavy atom. The van der Waals surface area contributed by atoms with Crippen molar-refractivity contribution in [2.45, 2.75) is 19.3 Å². The molecule has 0 aromatic heterocycles. The van der Waals surface area contributed by atoms with Crippen LogP contribution in [0, 0.1) is 5.82 Å². The van der Waals surface area contributed by atoms with Gasteiger partial charge in [-0.15, -0.1) is 0 Å². The highest BCUT2D eigenvalue weighted by Crippen LogP contribution is 2.23. The Hall–Kier alpha value is -1.68. The van der Waals surface area contributed by atoms with E-state index in [1.807, 2.05) is 44.2 Å². The minimum absolute atomic E-state index is 0.0429. The van der Waals surface area contributed by atoms with Gasteiger partial charge in [-0.1, -0.05) is 50.2 Å². The summed E-state index contributed by atoms with van der Waals surface area (Å²) in [6.45, 7) is 4.51. The zero-order valence-corrected chi connectivity index (χ0v) is 13.6. The maximum absolute atomic E-state index is 13.8. The number of nitrogens with one attached hydrogen (secondary N) is 1. The molecule has 0 aliphatic heterocycles. The van der Waals surface area contributed by atoms with Gasteiger partial charge in [-0.05, 0) is 33.6 Å². The van der Waals surface area contributed by atoms with Crippen LogP contribution >= 0.6 is 15.9 Å². The summed E-state index contributed by atoms with van der Waals surface area (Å²) in [6, 6.07) is 14.4. The van der Waals surface area contributed by atoms with Gasteiger partial charge in [0.2, 0.25) is 0 Å². The number of carbonyl (C=O) groups is 1. The molecule has 2 aromatic carbocycles. The molecule has 0 saturated heterocycles. The van der Waals surface area contributed by atoms with Gasteiger partial charge in [-0.2, -0.15) is 0 Å². The van der Waals surface area contributed by atoms with Crippen LogP contribution in [0.25, 0.3) is 0 Å². The van der Waals surface area contributed by atoms with Gasteiger partial charge in [0.05, 0.1) is 5.56 Å². The molecule has 0 aliphatic rings. The number of benzene rings is 2. The number of hydrogen-bond donors (Lipinski definition) is 1. The Kier molecular flexibility index (Phi) is 4.78. The van der Waals surface area contributed by atoms with Crippen molar-refractivity contribution in [2.24, 2.45) is 0 Å². The van der Waals surface area contributed by atoms with Crippen LogP contribution in [0.3, 0.4) is 0 Å². The van der Waals surface area contributed by atoms with Crippen LogP contribution in [0.5, 0.6) is 0 Å². The van der Waals surface area contributed by atoms with E-state index < -0.39 is 11.7 Å². The SMILES string of the molecule is CC(C)(CNC(=O)c1c(F)cccc1Br)c1ccccc1. The minimum Gasteiger partial charge on any atom is -0.351 e. The molecule has 1 N–H and O–H groups in total. The minimum atomic E-state index is -0.528. The van der Waals surface area contributed by atoms with E-state index in [0.29, 0.717) is 11.0 Å². The van der Waals surface area contributed by atoms with Crippen LogP contribution in [0.4, 0.5) is 4.39 Å². The van der Waals surface area contributed by atoms with Crippen molar-refractivity contribution in [3.8, 4) is 0 Å². The van der Waals surface area contributed by atoms with Gasteiger partial charge in [-0.25, -0.2) is 4.39 Å². The number of carbonyl (C=O) groups excluding carboxylic acids is 1. The summed E-state index contributed by atoms with van der Waals surface area (Å²) in [6.07, 6.45) is 0. The van der Waals surface area contributed by atoms with Gasteiger partial charge in [0, 0.05) is 16.4 Å². The predicted octanol–water partition coefficient (Wildman–Crippen LogP) is 4.30. The quantitative estimate of drug-likeness (QED) is 0.875. The Balaban J connectivity index is 2.11. The Morgan fingerprint density at radius 1 is 1.14 bits per heavy atom. The summed E-state index contributed by atoms with van der Waals surface area (Å²) in [5, 5.41) is 2.81. The summed E-state index contributed by atoms with van der Waals surface area (Å²) in [4.78, 5) is 12.2. The molecule has 0 spiro atoms. The fraction of sp³-hybridized carbons (Fsp3) is 0.235. The largest absolute Gasteiger partial charge is 0.351 e. The van der Waals surface area contributed by atoms with Crippen molar-refractivity contribution in [3.63, 3.8) is 0 Å². The molecule has 4 heteroatoms. The highest BCUT2D eigenvalue weighted by Gasteiger charge is 2.23. The van der Waals surface area contributed by atoms with Crippen molar-refractivity contribution in [3.05, 3.63) is 69.9 Å². The van der Waals surface area contributed by atoms with Crippen molar-refractivity contribution < 1.29 is 9.18 Å². The average molecular weight is 350 g/mol. The smallest absolute Gasteiger partial charge is 0.255 e. The van der Waals surface area contributed by atoms with Gasteiger partial charge >= 0.3 is 0 Å². The lowest BCUT2D eigenvalue weighted by Crippen LogP contribution is -2.37. The second kappa shape index (κ2) is 6.39. The molecular weight excluding hydrogens is 333 g/mol. The van der Waals surface area contributed by atoms with Crippen LogP contribution in [0.2, 0.25) is 0 Å². The highest BCUT2D eigenvalue weighted by atomic mass is 79.9. The molecule has 1 amide bonds. The molecule has 21 heavy (non-hydrogen) atoms. The number of amides is 1. The molecule has 0 bridgehead atoms. The Morgan fingerprint density at radius 3 is 2.43 bits per heavy atom. The Labute approximate surface area is 132 Å². The molecular formula is C17H17BrFNO. The molecule has 0 fully saturated rings. The molecule has 0 heterocycles. The molecule has 2 rings (SSSR count). The van der Waals surface area contributed by atoms with Crippen LogP contribution in [0.15, 0.2) is 53.0 Å². The topological polar surface area (TPSA) is 29.1 Å². The average Bonchev–Trinajstić information content (AvgIpc) is 2.46. The van der Waals surface area contributed by atoms with E-state index in [0.717, 1.165) is 5.56 Å². The van der Waals surface area contributed by atoms with Gasteiger partial charge in [0.1, 0.15) is 5.82 Å². The first-order valence-corrected chi connectivity index (χ1v) is 7.49. The molecule has 110 valence electrons. The number of rotatable bonds is 4. The maximum Gasteiger partial charge on any atom is 0.255 e. The molecule has 0 aliphatic carbocycles. The molecule has 0 radical (unpaired) electrons. The fourth-order valence-corrected chi connectivity index (χ4v) is 2.62. The summed E-state index contributed by atoms with van der Waals surface area (Å²) < 4.78 is 14.2. The van der Waals surface area contributed by atoms with Crippen molar-refractivity contribution in [2.75, 3.05) is 6.54 Å². The van der Waals surface area contributed by atoms with Gasteiger partial charge in [0.15, 0.2) is 0 Å². The lowest BCUT2D eigenvalue weighted by molar-refractivity contribution is 0.0941. The summed E-state index contributed by atoms with van der Waals surface area (Å²) in [5.74, 6) is -0.941. The molecule has 2 nitrogen and oxygen atoms in total. The summed E-state index contributed by atoms with van der Waals surface area (Å²) >= 11 is 3.21. The van der Waals surface area contributed by atoms with E-state index in [9.17, 15) is 9.18 Å². The molecule has 0 saturated carbocycles. The standard InChI is InChI=1S/C17H17BrFNO/c1-17(2,12-7-4-3-5-8-12)11-20-16(21)15-13(18)9-6-10-14(15)19/h3-10H,11H2,1-2H3,(H,20,21). The van der Waals surface area contributed by atoms with Crippen LogP contribution in [0.1, 0.15) is 29.8 Å². The summed E-state index contributed by atoms with van der Waals surface area (Å²) in [5.41, 5.74) is 0.938. The second-order valence-electron chi connectivity index (χ2n) is 5.53. The van der Waals surface area contributed by atoms with Crippen LogP contribution in [-0.2, 0) is 5.41 Å². The second-order valence-corrected chi connectivity index (χ2v) is 6.38. The van der Waals surface area contributed by atoms with E-state index in [2.05, 4.69) is 21.2 Å². The normalized spacial score (nSPS) is 11.2. The molecule has 0 unspecified atom stereocenters. The lowest BCUT2D eigenvalue weighted by Gasteiger charge is -2.25. The monoisotopic (exact) mass is 349 g/mol. The van der Waals surface area contributed by atoms with E-state index >= 15 is 0 Å². The third kappa shape index (κ3) is 3.70. The number of hydrogen-bond acceptors (Lipinski definition) is 1. The third-order valence-corrected chi connectivity index (χ3v) is 4.10. The zero-order chi connectivity index (χ0) is 15.5. The van der Waals surface area contributed by atoms with Crippen molar-refractivity contribution >= 4 is 21.8 Å². The van der Waals surface area contributed by atoms with Gasteiger partial charge in [0.25, 0.3) is 5.91 Å². The summed E-state index contributed by atoms with van der Waals surface area (Å²) in [7, 11) is 0. The first-order valence-electron chi connectivity index (χ1n) is 6.69. The molecule has 2 aromatic rings. The Bertz CT molecular complexity index is 620. The number of halogens is 2. The predicted molar refractivity (Wildman–Crippen MR) is 85.9 cm³/mol. The van der Waals surface area contributed by atoms with E-state index in [1.54, 1.807) is 12.1 Å². The van der Waals surface area contributed by atoms with E-state index in [4.69, 9.17) is 0 Å². The first kappa shape index (κ1) is 15.7. The van der Waals surface area contributed by atoms with Crippen molar-refractivity contribution in [1.29, 1.82) is 0 Å². The lowest BCUT2D eigenvalue weighted by atomic mass is 9.84. The molecule has 0 atom stereocenters. The maximum atomic E-state index is 13.8.